The molecule has 0 saturated heterocycles. The van der Waals surface area contributed by atoms with Crippen molar-refractivity contribution < 1.29 is 13.9 Å². The van der Waals surface area contributed by atoms with Crippen LogP contribution in [0.25, 0.3) is 22.1 Å². The Hall–Kier alpha value is -2.88. The molecule has 2 aromatic carbocycles. The Morgan fingerprint density at radius 2 is 1.76 bits per heavy atom. The van der Waals surface area contributed by atoms with E-state index in [4.69, 9.17) is 4.42 Å². The van der Waals surface area contributed by atoms with Crippen molar-refractivity contribution in [2.24, 2.45) is 0 Å². The van der Waals surface area contributed by atoms with Crippen LogP contribution in [0.4, 0.5) is 0 Å². The van der Waals surface area contributed by atoms with Crippen LogP contribution in [0.3, 0.4) is 0 Å². The number of hydrogen-bond acceptors (Lipinski definition) is 4. The highest BCUT2D eigenvalue weighted by Gasteiger charge is 2.09. The SMILES string of the molecule is COC(=O)c1ccc(-c2cc3ccccc3oc2=O)cc1. The third-order valence-corrected chi connectivity index (χ3v) is 3.26. The van der Waals surface area contributed by atoms with Gasteiger partial charge in [0.25, 0.3) is 0 Å². The van der Waals surface area contributed by atoms with Crippen LogP contribution < -0.4 is 5.63 Å². The highest BCUT2D eigenvalue weighted by Crippen LogP contribution is 2.21. The fourth-order valence-corrected chi connectivity index (χ4v) is 2.17. The molecule has 0 amide bonds. The van der Waals surface area contributed by atoms with Gasteiger partial charge >= 0.3 is 11.6 Å². The van der Waals surface area contributed by atoms with Crippen LogP contribution >= 0.6 is 0 Å². The Balaban J connectivity index is 2.09. The number of hydrogen-bond donors (Lipinski definition) is 0. The Morgan fingerprint density at radius 3 is 2.48 bits per heavy atom. The molecule has 0 spiro atoms. The van der Waals surface area contributed by atoms with Crippen molar-refractivity contribution in [3.8, 4) is 11.1 Å². The summed E-state index contributed by atoms with van der Waals surface area (Å²) in [6.07, 6.45) is 0. The monoisotopic (exact) mass is 280 g/mol. The van der Waals surface area contributed by atoms with Crippen molar-refractivity contribution in [2.75, 3.05) is 7.11 Å². The molecule has 0 atom stereocenters. The van der Waals surface area contributed by atoms with Crippen molar-refractivity contribution in [3.63, 3.8) is 0 Å². The second kappa shape index (κ2) is 5.25. The molecule has 104 valence electrons. The summed E-state index contributed by atoms with van der Waals surface area (Å²) in [6.45, 7) is 0. The van der Waals surface area contributed by atoms with Crippen LogP contribution in [0.2, 0.25) is 0 Å². The topological polar surface area (TPSA) is 56.5 Å². The summed E-state index contributed by atoms with van der Waals surface area (Å²) in [5.74, 6) is -0.410. The van der Waals surface area contributed by atoms with Crippen LogP contribution in [0.15, 0.2) is 63.8 Å². The second-order valence-electron chi connectivity index (χ2n) is 4.55. The maximum Gasteiger partial charge on any atom is 0.344 e. The van der Waals surface area contributed by atoms with Gasteiger partial charge in [0.15, 0.2) is 0 Å². The number of rotatable bonds is 2. The summed E-state index contributed by atoms with van der Waals surface area (Å²) in [5, 5.41) is 0.851. The van der Waals surface area contributed by atoms with Gasteiger partial charge in [0.1, 0.15) is 5.58 Å². The van der Waals surface area contributed by atoms with E-state index in [1.54, 1.807) is 36.4 Å². The Kier molecular flexibility index (Phi) is 3.28. The van der Waals surface area contributed by atoms with E-state index in [0.717, 1.165) is 5.39 Å². The molecule has 0 unspecified atom stereocenters. The Labute approximate surface area is 120 Å². The number of methoxy groups -OCH3 is 1. The maximum atomic E-state index is 12.1. The van der Waals surface area contributed by atoms with E-state index >= 15 is 0 Å². The first-order valence-electron chi connectivity index (χ1n) is 6.40. The molecule has 0 aliphatic rings. The number of esters is 1. The van der Waals surface area contributed by atoms with Gasteiger partial charge in [-0.2, -0.15) is 0 Å². The van der Waals surface area contributed by atoms with Crippen molar-refractivity contribution in [1.82, 2.24) is 0 Å². The van der Waals surface area contributed by atoms with Crippen molar-refractivity contribution in [1.29, 1.82) is 0 Å². The fraction of sp³-hybridized carbons (Fsp3) is 0.0588. The van der Waals surface area contributed by atoms with E-state index in [0.29, 0.717) is 22.3 Å². The number of fused-ring (bicyclic) bond motifs is 1. The summed E-state index contributed by atoms with van der Waals surface area (Å²) >= 11 is 0. The molecule has 0 radical (unpaired) electrons. The normalized spacial score (nSPS) is 10.5. The summed E-state index contributed by atoms with van der Waals surface area (Å²) in [4.78, 5) is 23.5. The number of benzene rings is 2. The smallest absolute Gasteiger partial charge is 0.344 e. The average Bonchev–Trinajstić information content (AvgIpc) is 2.53. The molecule has 4 heteroatoms. The largest absolute Gasteiger partial charge is 0.465 e. The van der Waals surface area contributed by atoms with Crippen LogP contribution in [0.1, 0.15) is 10.4 Å². The Morgan fingerprint density at radius 1 is 1.05 bits per heavy atom. The first-order chi connectivity index (χ1) is 10.2. The van der Waals surface area contributed by atoms with Crippen LogP contribution in [0.5, 0.6) is 0 Å². The molecular weight excluding hydrogens is 268 g/mol. The summed E-state index contributed by atoms with van der Waals surface area (Å²) < 4.78 is 9.94. The lowest BCUT2D eigenvalue weighted by molar-refractivity contribution is 0.0601. The molecule has 1 heterocycles. The van der Waals surface area contributed by atoms with Crippen LogP contribution in [-0.4, -0.2) is 13.1 Å². The number of carbonyl (C=O) groups is 1. The van der Waals surface area contributed by atoms with Gasteiger partial charge in [0.05, 0.1) is 18.2 Å². The summed E-state index contributed by atoms with van der Waals surface area (Å²) in [6, 6.07) is 15.8. The van der Waals surface area contributed by atoms with Gasteiger partial charge in [-0.25, -0.2) is 9.59 Å². The lowest BCUT2D eigenvalue weighted by Gasteiger charge is -2.04. The Bertz CT molecular complexity index is 860. The lowest BCUT2D eigenvalue weighted by Crippen LogP contribution is -2.04. The number of ether oxygens (including phenoxy) is 1. The van der Waals surface area contributed by atoms with Gasteiger partial charge in [-0.15, -0.1) is 0 Å². The minimum absolute atomic E-state index is 0.403. The molecule has 0 aliphatic heterocycles. The minimum atomic E-state index is -0.410. The van der Waals surface area contributed by atoms with Gasteiger partial charge in [-0.3, -0.25) is 0 Å². The molecule has 0 saturated carbocycles. The number of para-hydroxylation sites is 1. The van der Waals surface area contributed by atoms with E-state index in [2.05, 4.69) is 4.74 Å². The molecular formula is C17H12O4. The molecule has 0 aliphatic carbocycles. The quantitative estimate of drug-likeness (QED) is 0.534. The molecule has 1 aromatic heterocycles. The molecule has 0 fully saturated rings. The van der Waals surface area contributed by atoms with Gasteiger partial charge < -0.3 is 9.15 Å². The van der Waals surface area contributed by atoms with Crippen LogP contribution in [-0.2, 0) is 4.74 Å². The highest BCUT2D eigenvalue weighted by atomic mass is 16.5. The zero-order valence-electron chi connectivity index (χ0n) is 11.3. The summed E-state index contributed by atoms with van der Waals surface area (Å²) in [7, 11) is 1.33. The predicted molar refractivity (Wildman–Crippen MR) is 79.3 cm³/mol. The van der Waals surface area contributed by atoms with Gasteiger partial charge in [0.2, 0.25) is 0 Å². The third-order valence-electron chi connectivity index (χ3n) is 3.26. The van der Waals surface area contributed by atoms with E-state index in [-0.39, 0.29) is 0 Å². The van der Waals surface area contributed by atoms with E-state index in [1.807, 2.05) is 18.2 Å². The van der Waals surface area contributed by atoms with Crippen molar-refractivity contribution >= 4 is 16.9 Å². The lowest BCUT2D eigenvalue weighted by atomic mass is 10.0. The first kappa shape index (κ1) is 13.1. The molecule has 3 rings (SSSR count). The third kappa shape index (κ3) is 2.43. The minimum Gasteiger partial charge on any atom is -0.465 e. The molecule has 4 nitrogen and oxygen atoms in total. The predicted octanol–water partition coefficient (Wildman–Crippen LogP) is 3.25. The van der Waals surface area contributed by atoms with Gasteiger partial charge in [-0.05, 0) is 29.8 Å². The molecule has 0 bridgehead atoms. The molecule has 21 heavy (non-hydrogen) atoms. The van der Waals surface area contributed by atoms with Crippen molar-refractivity contribution in [2.45, 2.75) is 0 Å². The molecule has 3 aromatic rings. The summed E-state index contributed by atoms with van der Waals surface area (Å²) in [5.41, 5.74) is 1.75. The highest BCUT2D eigenvalue weighted by molar-refractivity contribution is 5.90. The second-order valence-corrected chi connectivity index (χ2v) is 4.55. The van der Waals surface area contributed by atoms with E-state index < -0.39 is 11.6 Å². The molecule has 0 N–H and O–H groups in total. The van der Waals surface area contributed by atoms with E-state index in [1.165, 1.54) is 7.11 Å². The van der Waals surface area contributed by atoms with Crippen molar-refractivity contribution in [3.05, 3.63) is 70.6 Å². The van der Waals surface area contributed by atoms with Gasteiger partial charge in [-0.1, -0.05) is 30.3 Å². The standard InChI is InChI=1S/C17H12O4/c1-20-16(18)12-8-6-11(7-9-12)14-10-13-4-2-3-5-15(13)21-17(14)19/h2-10H,1H3. The van der Waals surface area contributed by atoms with E-state index in [9.17, 15) is 9.59 Å². The average molecular weight is 280 g/mol. The maximum absolute atomic E-state index is 12.1. The van der Waals surface area contributed by atoms with Crippen LogP contribution in [0, 0.1) is 0 Å². The zero-order valence-corrected chi connectivity index (χ0v) is 11.3. The van der Waals surface area contributed by atoms with Gasteiger partial charge in [0, 0.05) is 5.39 Å². The number of carbonyl (C=O) groups excluding carboxylic acids is 1. The zero-order chi connectivity index (χ0) is 14.8. The first-order valence-corrected chi connectivity index (χ1v) is 6.40. The fourth-order valence-electron chi connectivity index (χ4n) is 2.17.